The van der Waals surface area contributed by atoms with Gasteiger partial charge >= 0.3 is 0 Å². The van der Waals surface area contributed by atoms with Crippen LogP contribution in [-0.4, -0.2) is 10.5 Å². The molecule has 4 fully saturated rings. The lowest BCUT2D eigenvalue weighted by molar-refractivity contribution is 0.0107. The molecule has 2 nitrogen and oxygen atoms in total. The molecule has 4 bridgehead atoms. The highest BCUT2D eigenvalue weighted by Crippen LogP contribution is 2.56. The van der Waals surface area contributed by atoms with E-state index in [4.69, 9.17) is 18.0 Å². The van der Waals surface area contributed by atoms with Crippen molar-refractivity contribution in [1.82, 2.24) is 0 Å². The summed E-state index contributed by atoms with van der Waals surface area (Å²) in [7, 11) is 0. The zero-order valence-electron chi connectivity index (χ0n) is 12.1. The van der Waals surface area contributed by atoms with E-state index in [1.54, 1.807) is 0 Å². The van der Waals surface area contributed by atoms with E-state index in [1.165, 1.54) is 38.5 Å². The van der Waals surface area contributed by atoms with E-state index in [9.17, 15) is 0 Å². The zero-order valence-corrected chi connectivity index (χ0v) is 14.5. The largest absolute Gasteiger partial charge is 0.389 e. The Kier molecular flexibility index (Phi) is 3.30. The maximum absolute atomic E-state index is 5.92. The average Bonchev–Trinajstić information content (AvgIpc) is 2.38. The zero-order chi connectivity index (χ0) is 14.6. The first kappa shape index (κ1) is 14.0. The smallest absolute Gasteiger partial charge is 0.106 e. The summed E-state index contributed by atoms with van der Waals surface area (Å²) in [6.45, 7) is 0. The van der Waals surface area contributed by atoms with Crippen molar-refractivity contribution in [2.75, 3.05) is 5.32 Å². The summed E-state index contributed by atoms with van der Waals surface area (Å²) >= 11 is 8.75. The molecule has 0 spiro atoms. The Morgan fingerprint density at radius 1 is 1.14 bits per heavy atom. The Bertz CT molecular complexity index is 563. The lowest BCUT2D eigenvalue weighted by Crippen LogP contribution is -2.55. The number of halogens is 1. The Morgan fingerprint density at radius 3 is 2.24 bits per heavy atom. The van der Waals surface area contributed by atoms with Crippen molar-refractivity contribution >= 4 is 38.8 Å². The van der Waals surface area contributed by atoms with Gasteiger partial charge in [-0.15, -0.1) is 0 Å². The van der Waals surface area contributed by atoms with E-state index in [0.29, 0.717) is 10.5 Å². The minimum absolute atomic E-state index is 0.294. The predicted molar refractivity (Wildman–Crippen MR) is 94.6 cm³/mol. The Hall–Kier alpha value is -0.610. The second-order valence-electron chi connectivity index (χ2n) is 7.38. The highest BCUT2D eigenvalue weighted by atomic mass is 79.9. The van der Waals surface area contributed by atoms with Crippen LogP contribution in [0, 0.1) is 17.8 Å². The third-order valence-electron chi connectivity index (χ3n) is 5.69. The van der Waals surface area contributed by atoms with Crippen LogP contribution >= 0.6 is 28.1 Å². The van der Waals surface area contributed by atoms with E-state index in [1.807, 2.05) is 6.07 Å². The molecule has 1 aromatic carbocycles. The second-order valence-corrected chi connectivity index (χ2v) is 8.73. The molecule has 21 heavy (non-hydrogen) atoms. The molecule has 0 aromatic heterocycles. The van der Waals surface area contributed by atoms with Crippen LogP contribution in [0.3, 0.4) is 0 Å². The SMILES string of the molecule is NC(=S)c1cc(Br)ccc1NC12CC3CC(CC(C3)C1)C2. The Morgan fingerprint density at radius 2 is 1.71 bits per heavy atom. The molecular formula is C17H21BrN2S. The van der Waals surface area contributed by atoms with Gasteiger partial charge in [0.05, 0.1) is 0 Å². The normalized spacial score (nSPS) is 36.7. The van der Waals surface area contributed by atoms with Gasteiger partial charge in [-0.1, -0.05) is 28.1 Å². The first-order valence-corrected chi connectivity index (χ1v) is 9.11. The van der Waals surface area contributed by atoms with Crippen LogP contribution in [0.5, 0.6) is 0 Å². The van der Waals surface area contributed by atoms with Crippen LogP contribution in [0.1, 0.15) is 44.1 Å². The fourth-order valence-corrected chi connectivity index (χ4v) is 5.91. The summed E-state index contributed by atoms with van der Waals surface area (Å²) in [5.74, 6) is 2.81. The Labute approximate surface area is 140 Å². The summed E-state index contributed by atoms with van der Waals surface area (Å²) in [5, 5.41) is 3.88. The molecule has 0 aliphatic heterocycles. The molecule has 0 saturated heterocycles. The molecule has 4 saturated carbocycles. The minimum atomic E-state index is 0.294. The number of benzene rings is 1. The van der Waals surface area contributed by atoms with Gasteiger partial charge in [-0.25, -0.2) is 0 Å². The fraction of sp³-hybridized carbons (Fsp3) is 0.588. The van der Waals surface area contributed by atoms with Crippen LogP contribution in [0.2, 0.25) is 0 Å². The van der Waals surface area contributed by atoms with Gasteiger partial charge in [0.2, 0.25) is 0 Å². The van der Waals surface area contributed by atoms with E-state index >= 15 is 0 Å². The number of anilines is 1. The molecule has 0 unspecified atom stereocenters. The van der Waals surface area contributed by atoms with Crippen LogP contribution < -0.4 is 11.1 Å². The highest BCUT2D eigenvalue weighted by Gasteiger charge is 2.51. The van der Waals surface area contributed by atoms with E-state index in [2.05, 4.69) is 33.4 Å². The van der Waals surface area contributed by atoms with Crippen molar-refractivity contribution in [1.29, 1.82) is 0 Å². The lowest BCUT2D eigenvalue weighted by atomic mass is 9.53. The average molecular weight is 365 g/mol. The first-order chi connectivity index (χ1) is 10.0. The predicted octanol–water partition coefficient (Wildman–Crippen LogP) is 4.46. The van der Waals surface area contributed by atoms with Crippen LogP contribution in [0.25, 0.3) is 0 Å². The maximum Gasteiger partial charge on any atom is 0.106 e. The number of rotatable bonds is 3. The summed E-state index contributed by atoms with van der Waals surface area (Å²) in [6, 6.07) is 6.23. The van der Waals surface area contributed by atoms with Gasteiger partial charge in [0.1, 0.15) is 4.99 Å². The van der Waals surface area contributed by atoms with Gasteiger partial charge in [0.15, 0.2) is 0 Å². The topological polar surface area (TPSA) is 38.0 Å². The van der Waals surface area contributed by atoms with Crippen LogP contribution in [0.4, 0.5) is 5.69 Å². The standard InChI is InChI=1S/C17H21BrN2S/c18-13-1-2-15(14(6-13)16(19)21)20-17-7-10-3-11(8-17)5-12(4-10)9-17/h1-2,6,10-12,20H,3-5,7-9H2,(H2,19,21). The fourth-order valence-electron chi connectivity index (χ4n) is 5.38. The van der Waals surface area contributed by atoms with Gasteiger partial charge < -0.3 is 11.1 Å². The van der Waals surface area contributed by atoms with E-state index in [0.717, 1.165) is 33.5 Å². The molecular weight excluding hydrogens is 344 g/mol. The van der Waals surface area contributed by atoms with Gasteiger partial charge in [-0.2, -0.15) is 0 Å². The van der Waals surface area contributed by atoms with Crippen molar-refractivity contribution in [3.63, 3.8) is 0 Å². The summed E-state index contributed by atoms with van der Waals surface area (Å²) in [5.41, 5.74) is 8.30. The monoisotopic (exact) mass is 364 g/mol. The molecule has 4 aliphatic rings. The third kappa shape index (κ3) is 2.50. The Balaban J connectivity index is 1.66. The first-order valence-electron chi connectivity index (χ1n) is 7.90. The molecule has 112 valence electrons. The maximum atomic E-state index is 5.92. The molecule has 0 heterocycles. The molecule has 0 radical (unpaired) electrons. The molecule has 1 aromatic rings. The van der Waals surface area contributed by atoms with Gasteiger partial charge in [-0.3, -0.25) is 0 Å². The van der Waals surface area contributed by atoms with Crippen molar-refractivity contribution in [3.05, 3.63) is 28.2 Å². The number of hydrogen-bond donors (Lipinski definition) is 2. The molecule has 0 amide bonds. The van der Waals surface area contributed by atoms with Gasteiger partial charge in [-0.05, 0) is 74.5 Å². The molecule has 0 atom stereocenters. The summed E-state index contributed by atoms with van der Waals surface area (Å²) in [6.07, 6.45) is 8.36. The molecule has 4 heteroatoms. The van der Waals surface area contributed by atoms with Crippen molar-refractivity contribution < 1.29 is 0 Å². The molecule has 5 rings (SSSR count). The molecule has 4 aliphatic carbocycles. The van der Waals surface area contributed by atoms with Gasteiger partial charge in [0.25, 0.3) is 0 Å². The number of thiocarbonyl (C=S) groups is 1. The quantitative estimate of drug-likeness (QED) is 0.777. The number of nitrogens with one attached hydrogen (secondary N) is 1. The van der Waals surface area contributed by atoms with Crippen molar-refractivity contribution in [2.45, 2.75) is 44.1 Å². The number of nitrogens with two attached hydrogens (primary N) is 1. The number of hydrogen-bond acceptors (Lipinski definition) is 2. The van der Waals surface area contributed by atoms with Crippen molar-refractivity contribution in [3.8, 4) is 0 Å². The van der Waals surface area contributed by atoms with E-state index in [-0.39, 0.29) is 0 Å². The van der Waals surface area contributed by atoms with Crippen LogP contribution in [0.15, 0.2) is 22.7 Å². The van der Waals surface area contributed by atoms with Gasteiger partial charge in [0, 0.05) is 21.3 Å². The summed E-state index contributed by atoms with van der Waals surface area (Å²) < 4.78 is 1.03. The minimum Gasteiger partial charge on any atom is -0.389 e. The third-order valence-corrected chi connectivity index (χ3v) is 6.40. The molecule has 3 N–H and O–H groups in total. The van der Waals surface area contributed by atoms with Crippen molar-refractivity contribution in [2.24, 2.45) is 23.5 Å². The second kappa shape index (κ2) is 4.95. The lowest BCUT2D eigenvalue weighted by Gasteiger charge is -2.57. The van der Waals surface area contributed by atoms with Crippen LogP contribution in [-0.2, 0) is 0 Å². The van der Waals surface area contributed by atoms with E-state index < -0.39 is 0 Å². The summed E-state index contributed by atoms with van der Waals surface area (Å²) in [4.78, 5) is 0.475. The highest BCUT2D eigenvalue weighted by molar-refractivity contribution is 9.10.